The average molecular weight is 466 g/mol. The lowest BCUT2D eigenvalue weighted by Gasteiger charge is -2.26. The summed E-state index contributed by atoms with van der Waals surface area (Å²) < 4.78 is 5.71. The Morgan fingerprint density at radius 1 is 1.16 bits per heavy atom. The fourth-order valence-electron chi connectivity index (χ4n) is 3.25. The lowest BCUT2D eigenvalue weighted by molar-refractivity contribution is 0.115. The third-order valence-electron chi connectivity index (χ3n) is 5.08. The van der Waals surface area contributed by atoms with Crippen LogP contribution < -0.4 is 5.32 Å². The minimum absolute atomic E-state index is 0. The number of likely N-dealkylation sites (N-methyl/N-ethyl adjacent to an activating group) is 1. The van der Waals surface area contributed by atoms with Crippen molar-refractivity contribution in [3.05, 3.63) is 0 Å². The van der Waals surface area contributed by atoms with Crippen LogP contribution in [0.2, 0.25) is 0 Å². The summed E-state index contributed by atoms with van der Waals surface area (Å²) in [5.74, 6) is 1.83. The van der Waals surface area contributed by atoms with Gasteiger partial charge in [0, 0.05) is 33.8 Å². The Morgan fingerprint density at radius 2 is 1.92 bits per heavy atom. The van der Waals surface area contributed by atoms with Crippen LogP contribution in [0, 0.1) is 5.92 Å². The Morgan fingerprint density at radius 3 is 2.60 bits per heavy atom. The number of aliphatic imine (C=N–C) groups is 1. The van der Waals surface area contributed by atoms with Crippen LogP contribution in [0.15, 0.2) is 4.99 Å². The molecule has 1 saturated carbocycles. The van der Waals surface area contributed by atoms with Crippen LogP contribution in [-0.2, 0) is 4.74 Å². The van der Waals surface area contributed by atoms with Crippen molar-refractivity contribution in [3.63, 3.8) is 0 Å². The fourth-order valence-corrected chi connectivity index (χ4v) is 3.25. The van der Waals surface area contributed by atoms with Crippen molar-refractivity contribution in [1.82, 2.24) is 15.1 Å². The molecule has 0 amide bonds. The predicted octanol–water partition coefficient (Wildman–Crippen LogP) is 3.19. The monoisotopic (exact) mass is 466 g/mol. The molecule has 1 aliphatic heterocycles. The molecule has 0 radical (unpaired) electrons. The maximum atomic E-state index is 5.71. The average Bonchev–Trinajstić information content (AvgIpc) is 3.43. The van der Waals surface area contributed by atoms with Gasteiger partial charge in [0.2, 0.25) is 0 Å². The van der Waals surface area contributed by atoms with Crippen molar-refractivity contribution in [3.8, 4) is 0 Å². The third kappa shape index (κ3) is 10.6. The van der Waals surface area contributed by atoms with Gasteiger partial charge in [-0.2, -0.15) is 0 Å². The first kappa shape index (κ1) is 23.0. The summed E-state index contributed by atoms with van der Waals surface area (Å²) in [5.41, 5.74) is 0. The zero-order chi connectivity index (χ0) is 17.0. The van der Waals surface area contributed by atoms with Gasteiger partial charge in [-0.25, -0.2) is 0 Å². The molecule has 5 nitrogen and oxygen atoms in total. The summed E-state index contributed by atoms with van der Waals surface area (Å²) >= 11 is 0. The molecule has 0 aromatic carbocycles. The number of hydrogen-bond donors (Lipinski definition) is 1. The molecule has 1 heterocycles. The molecule has 2 fully saturated rings. The summed E-state index contributed by atoms with van der Waals surface area (Å²) in [6, 6.07) is 0. The third-order valence-corrected chi connectivity index (χ3v) is 5.08. The van der Waals surface area contributed by atoms with E-state index in [1.54, 1.807) is 0 Å². The molecule has 0 aromatic heterocycles. The molecular formula is C19H39IN4O. The minimum Gasteiger partial charge on any atom is -0.379 e. The smallest absolute Gasteiger partial charge is 0.193 e. The van der Waals surface area contributed by atoms with E-state index in [1.807, 2.05) is 7.05 Å². The van der Waals surface area contributed by atoms with E-state index in [-0.39, 0.29) is 24.0 Å². The highest BCUT2D eigenvalue weighted by molar-refractivity contribution is 14.0. The Kier molecular flexibility index (Phi) is 12.9. The van der Waals surface area contributed by atoms with Gasteiger partial charge in [0.05, 0.1) is 6.61 Å². The maximum Gasteiger partial charge on any atom is 0.193 e. The molecule has 2 aliphatic rings. The van der Waals surface area contributed by atoms with Crippen molar-refractivity contribution in [1.29, 1.82) is 0 Å². The molecule has 1 N–H and O–H groups in total. The van der Waals surface area contributed by atoms with E-state index in [4.69, 9.17) is 4.74 Å². The van der Waals surface area contributed by atoms with E-state index in [0.29, 0.717) is 0 Å². The molecule has 1 aliphatic carbocycles. The number of nitrogens with one attached hydrogen (secondary N) is 1. The van der Waals surface area contributed by atoms with Crippen LogP contribution in [0.25, 0.3) is 0 Å². The zero-order valence-electron chi connectivity index (χ0n) is 16.3. The van der Waals surface area contributed by atoms with Crippen LogP contribution in [0.1, 0.15) is 51.4 Å². The van der Waals surface area contributed by atoms with E-state index >= 15 is 0 Å². The van der Waals surface area contributed by atoms with Gasteiger partial charge < -0.3 is 19.9 Å². The Labute approximate surface area is 172 Å². The molecule has 0 atom stereocenters. The van der Waals surface area contributed by atoms with E-state index in [9.17, 15) is 0 Å². The molecule has 25 heavy (non-hydrogen) atoms. The Bertz CT molecular complexity index is 357. The first-order valence-corrected chi connectivity index (χ1v) is 10.0. The quantitative estimate of drug-likeness (QED) is 0.220. The SMILES string of the molecule is CN=C(NCCCCCN1CCCCC1)N(C)CCOCC1CC1.I. The number of hydrogen-bond acceptors (Lipinski definition) is 3. The Balaban J connectivity index is 0.00000312. The number of likely N-dealkylation sites (tertiary alicyclic amines) is 1. The van der Waals surface area contributed by atoms with Crippen molar-refractivity contribution in [2.75, 3.05) is 60.0 Å². The largest absolute Gasteiger partial charge is 0.379 e. The summed E-state index contributed by atoms with van der Waals surface area (Å²) in [4.78, 5) is 9.17. The predicted molar refractivity (Wildman–Crippen MR) is 117 cm³/mol. The number of ether oxygens (including phenoxy) is 1. The van der Waals surface area contributed by atoms with Crippen LogP contribution in [0.3, 0.4) is 0 Å². The van der Waals surface area contributed by atoms with Crippen molar-refractivity contribution in [2.45, 2.75) is 51.4 Å². The maximum absolute atomic E-state index is 5.71. The van der Waals surface area contributed by atoms with Crippen LogP contribution >= 0.6 is 24.0 Å². The highest BCUT2D eigenvalue weighted by Crippen LogP contribution is 2.28. The van der Waals surface area contributed by atoms with Crippen LogP contribution in [0.4, 0.5) is 0 Å². The topological polar surface area (TPSA) is 40.1 Å². The lowest BCUT2D eigenvalue weighted by atomic mass is 10.1. The van der Waals surface area contributed by atoms with Gasteiger partial charge in [0.15, 0.2) is 5.96 Å². The summed E-state index contributed by atoms with van der Waals surface area (Å²) in [5, 5.41) is 3.48. The number of piperidine rings is 1. The normalized spacial score (nSPS) is 18.7. The van der Waals surface area contributed by atoms with Gasteiger partial charge >= 0.3 is 0 Å². The first-order valence-electron chi connectivity index (χ1n) is 10.0. The highest BCUT2D eigenvalue weighted by atomic mass is 127. The molecule has 148 valence electrons. The Hall–Kier alpha value is -0.0800. The van der Waals surface area contributed by atoms with Crippen molar-refractivity contribution in [2.24, 2.45) is 10.9 Å². The minimum atomic E-state index is 0. The van der Waals surface area contributed by atoms with Crippen LogP contribution in [-0.4, -0.2) is 75.8 Å². The van der Waals surface area contributed by atoms with E-state index in [2.05, 4.69) is 27.2 Å². The summed E-state index contributed by atoms with van der Waals surface area (Å²) in [6.07, 6.45) is 10.8. The molecule has 1 saturated heterocycles. The van der Waals surface area contributed by atoms with E-state index in [0.717, 1.165) is 38.2 Å². The standard InChI is InChI=1S/C19H38N4O.HI/c1-20-19(22(2)15-16-24-17-18-9-10-18)21-11-5-3-6-12-23-13-7-4-8-14-23;/h18H,3-17H2,1-2H3,(H,20,21);1H. The van der Waals surface area contributed by atoms with Crippen LogP contribution in [0.5, 0.6) is 0 Å². The number of rotatable bonds is 11. The van der Waals surface area contributed by atoms with Gasteiger partial charge in [0.25, 0.3) is 0 Å². The van der Waals surface area contributed by atoms with Gasteiger partial charge in [0.1, 0.15) is 0 Å². The highest BCUT2D eigenvalue weighted by Gasteiger charge is 2.21. The van der Waals surface area contributed by atoms with Gasteiger partial charge in [-0.3, -0.25) is 4.99 Å². The van der Waals surface area contributed by atoms with E-state index in [1.165, 1.54) is 71.0 Å². The molecule has 2 rings (SSSR count). The number of guanidine groups is 1. The van der Waals surface area contributed by atoms with E-state index < -0.39 is 0 Å². The molecule has 0 unspecified atom stereocenters. The second-order valence-corrected chi connectivity index (χ2v) is 7.38. The van der Waals surface area contributed by atoms with Crippen molar-refractivity contribution < 1.29 is 4.74 Å². The van der Waals surface area contributed by atoms with Gasteiger partial charge in [-0.1, -0.05) is 12.8 Å². The van der Waals surface area contributed by atoms with Gasteiger partial charge in [-0.05, 0) is 64.1 Å². The summed E-state index contributed by atoms with van der Waals surface area (Å²) in [7, 11) is 3.95. The summed E-state index contributed by atoms with van der Waals surface area (Å²) in [6.45, 7) is 7.58. The number of halogens is 1. The molecule has 0 bridgehead atoms. The number of unbranched alkanes of at least 4 members (excludes halogenated alkanes) is 2. The lowest BCUT2D eigenvalue weighted by Crippen LogP contribution is -2.41. The molecule has 0 spiro atoms. The zero-order valence-corrected chi connectivity index (χ0v) is 18.7. The molecule has 0 aromatic rings. The number of nitrogens with zero attached hydrogens (tertiary/aromatic N) is 3. The first-order chi connectivity index (χ1) is 11.8. The molecular weight excluding hydrogens is 427 g/mol. The fraction of sp³-hybridized carbons (Fsp3) is 0.947. The second-order valence-electron chi connectivity index (χ2n) is 7.38. The second kappa shape index (κ2) is 14.0. The van der Waals surface area contributed by atoms with Gasteiger partial charge in [-0.15, -0.1) is 24.0 Å². The van der Waals surface area contributed by atoms with Crippen molar-refractivity contribution >= 4 is 29.9 Å². The molecule has 6 heteroatoms.